The number of carbonyl (C=O) groups excluding carboxylic acids is 1. The van der Waals surface area contributed by atoms with Crippen molar-refractivity contribution in [2.24, 2.45) is 22.2 Å². The Morgan fingerprint density at radius 2 is 1.52 bits per heavy atom. The van der Waals surface area contributed by atoms with Crippen LogP contribution in [0.2, 0.25) is 0 Å². The zero-order valence-electron chi connectivity index (χ0n) is 17.2. The Hall–Kier alpha value is -2.67. The average molecular weight is 436 g/mol. The molecule has 2 aromatic carbocycles. The fraction of sp³-hybridized carbons (Fsp3) is 0.417. The summed E-state index contributed by atoms with van der Waals surface area (Å²) < 4.78 is 28.3. The maximum Gasteiger partial charge on any atom is 0.285 e. The summed E-state index contributed by atoms with van der Waals surface area (Å²) in [6.07, 6.45) is 7.41. The van der Waals surface area contributed by atoms with Gasteiger partial charge in [0.15, 0.2) is 5.84 Å². The van der Waals surface area contributed by atoms with Crippen molar-refractivity contribution in [3.8, 4) is 0 Å². The molecule has 0 unspecified atom stereocenters. The van der Waals surface area contributed by atoms with E-state index >= 15 is 0 Å². The van der Waals surface area contributed by atoms with Crippen LogP contribution >= 0.6 is 0 Å². The summed E-state index contributed by atoms with van der Waals surface area (Å²) in [6.45, 7) is 0. The number of sulfonamides is 1. The molecule has 4 saturated carbocycles. The van der Waals surface area contributed by atoms with Crippen molar-refractivity contribution in [3.63, 3.8) is 0 Å². The van der Waals surface area contributed by atoms with Crippen molar-refractivity contribution in [3.05, 3.63) is 59.7 Å². The Labute approximate surface area is 182 Å². The van der Waals surface area contributed by atoms with Gasteiger partial charge in [-0.3, -0.25) is 4.79 Å². The Balaban J connectivity index is 1.18. The van der Waals surface area contributed by atoms with Crippen LogP contribution in [0.1, 0.15) is 54.4 Å². The van der Waals surface area contributed by atoms with Gasteiger partial charge in [-0.1, -0.05) is 12.1 Å². The third-order valence-corrected chi connectivity index (χ3v) is 8.79. The molecule has 7 heteroatoms. The van der Waals surface area contributed by atoms with Crippen molar-refractivity contribution >= 4 is 27.5 Å². The van der Waals surface area contributed by atoms with Crippen molar-refractivity contribution in [1.29, 1.82) is 0 Å². The Morgan fingerprint density at radius 3 is 2.16 bits per heavy atom. The molecule has 160 valence electrons. The number of nitrogens with zero attached hydrogens (tertiary/aromatic N) is 1. The third kappa shape index (κ3) is 3.26. The molecule has 0 saturated heterocycles. The Kier molecular flexibility index (Phi) is 4.09. The van der Waals surface area contributed by atoms with Crippen LogP contribution in [0.5, 0.6) is 0 Å². The largest absolute Gasteiger partial charge is 0.347 e. The van der Waals surface area contributed by atoms with Crippen molar-refractivity contribution in [2.45, 2.75) is 49.0 Å². The Morgan fingerprint density at radius 1 is 0.903 bits per heavy atom. The second-order valence-electron chi connectivity index (χ2n) is 9.77. The van der Waals surface area contributed by atoms with E-state index in [0.29, 0.717) is 22.6 Å². The lowest BCUT2D eigenvalue weighted by atomic mass is 9.53. The number of benzene rings is 2. The number of amides is 1. The molecule has 0 aromatic heterocycles. The number of anilines is 1. The molecule has 1 aliphatic heterocycles. The summed E-state index contributed by atoms with van der Waals surface area (Å²) in [5, 5.41) is 6.48. The van der Waals surface area contributed by atoms with E-state index in [1.165, 1.54) is 19.3 Å². The predicted molar refractivity (Wildman–Crippen MR) is 119 cm³/mol. The van der Waals surface area contributed by atoms with Crippen LogP contribution in [0.4, 0.5) is 5.69 Å². The number of amidine groups is 1. The molecule has 31 heavy (non-hydrogen) atoms. The zero-order valence-corrected chi connectivity index (χ0v) is 18.0. The molecule has 4 fully saturated rings. The molecular formula is C24H25N3O3S. The van der Waals surface area contributed by atoms with E-state index < -0.39 is 10.0 Å². The zero-order chi connectivity index (χ0) is 21.2. The van der Waals surface area contributed by atoms with E-state index in [0.717, 1.165) is 37.0 Å². The van der Waals surface area contributed by atoms with Gasteiger partial charge in [0.25, 0.3) is 15.9 Å². The summed E-state index contributed by atoms with van der Waals surface area (Å²) in [4.78, 5) is 13.2. The minimum Gasteiger partial charge on any atom is -0.347 e. The molecule has 2 aromatic rings. The molecule has 2 N–H and O–H groups in total. The topological polar surface area (TPSA) is 87.6 Å². The molecule has 0 atom stereocenters. The predicted octanol–water partition coefficient (Wildman–Crippen LogP) is 3.95. The summed E-state index contributed by atoms with van der Waals surface area (Å²) in [5.41, 5.74) is 1.87. The van der Waals surface area contributed by atoms with Crippen molar-refractivity contribution < 1.29 is 13.2 Å². The number of fused-ring (bicyclic) bond motifs is 1. The van der Waals surface area contributed by atoms with Gasteiger partial charge in [-0.25, -0.2) is 0 Å². The van der Waals surface area contributed by atoms with E-state index in [4.69, 9.17) is 0 Å². The molecule has 0 radical (unpaired) electrons. The van der Waals surface area contributed by atoms with E-state index in [9.17, 15) is 13.2 Å². The maximum absolute atomic E-state index is 13.0. The molecule has 1 heterocycles. The first-order valence-corrected chi connectivity index (χ1v) is 12.5. The average Bonchev–Trinajstić information content (AvgIpc) is 2.97. The third-order valence-electron chi connectivity index (χ3n) is 7.46. The quantitative estimate of drug-likeness (QED) is 0.764. The minimum atomic E-state index is -3.66. The lowest BCUT2D eigenvalue weighted by Gasteiger charge is -2.56. The monoisotopic (exact) mass is 435 g/mol. The van der Waals surface area contributed by atoms with Crippen LogP contribution in [0.25, 0.3) is 0 Å². The van der Waals surface area contributed by atoms with Crippen molar-refractivity contribution in [1.82, 2.24) is 5.32 Å². The van der Waals surface area contributed by atoms with Gasteiger partial charge in [-0.15, -0.1) is 4.40 Å². The minimum absolute atomic E-state index is 0.0142. The number of nitrogens with one attached hydrogen (secondary N) is 2. The summed E-state index contributed by atoms with van der Waals surface area (Å²) >= 11 is 0. The summed E-state index contributed by atoms with van der Waals surface area (Å²) in [7, 11) is -3.66. The fourth-order valence-electron chi connectivity index (χ4n) is 6.61. The van der Waals surface area contributed by atoms with E-state index in [1.54, 1.807) is 48.5 Å². The number of carbonyl (C=O) groups is 1. The summed E-state index contributed by atoms with van der Waals surface area (Å²) in [6, 6.07) is 13.9. The Bertz CT molecular complexity index is 1170. The van der Waals surface area contributed by atoms with Gasteiger partial charge in [0, 0.05) is 22.4 Å². The van der Waals surface area contributed by atoms with Gasteiger partial charge >= 0.3 is 0 Å². The molecular weight excluding hydrogens is 410 g/mol. The van der Waals surface area contributed by atoms with Crippen molar-refractivity contribution in [2.75, 3.05) is 5.32 Å². The highest BCUT2D eigenvalue weighted by molar-refractivity contribution is 7.90. The van der Waals surface area contributed by atoms with E-state index in [-0.39, 0.29) is 16.3 Å². The number of hydrogen-bond donors (Lipinski definition) is 2. The van der Waals surface area contributed by atoms with E-state index in [1.807, 2.05) is 0 Å². The SMILES string of the molecule is O=C(NC12CC3CC(CC(C3)C1)C2)c1ccc(NC2=NS(=O)(=O)c3ccccc32)cc1. The van der Waals surface area contributed by atoms with Crippen LogP contribution < -0.4 is 10.6 Å². The second-order valence-corrected chi connectivity index (χ2v) is 11.3. The lowest BCUT2D eigenvalue weighted by Crippen LogP contribution is -2.59. The van der Waals surface area contributed by atoms with Gasteiger partial charge in [-0.2, -0.15) is 8.42 Å². The van der Waals surface area contributed by atoms with Crippen LogP contribution in [0.3, 0.4) is 0 Å². The molecule has 4 bridgehead atoms. The molecule has 7 rings (SSSR count). The molecule has 4 aliphatic carbocycles. The van der Waals surface area contributed by atoms with E-state index in [2.05, 4.69) is 15.0 Å². The number of hydrogen-bond acceptors (Lipinski definition) is 4. The smallest absolute Gasteiger partial charge is 0.285 e. The molecule has 0 spiro atoms. The standard InChI is InChI=1S/C24H25N3O3S/c28-23(26-24-12-15-9-16(13-24)11-17(10-15)14-24)18-5-7-19(8-6-18)25-22-20-3-1-2-4-21(20)31(29,30)27-22/h1-8,15-17H,9-14H2,(H,25,27)(H,26,28). The summed E-state index contributed by atoms with van der Waals surface area (Å²) in [5.74, 6) is 2.64. The van der Waals surface area contributed by atoms with Gasteiger partial charge in [-0.05, 0) is 92.7 Å². The van der Waals surface area contributed by atoms with Gasteiger partial charge in [0.2, 0.25) is 0 Å². The normalized spacial score (nSPS) is 31.7. The highest BCUT2D eigenvalue weighted by Gasteiger charge is 2.51. The van der Waals surface area contributed by atoms with Crippen LogP contribution in [-0.2, 0) is 10.0 Å². The molecule has 5 aliphatic rings. The van der Waals surface area contributed by atoms with Gasteiger partial charge < -0.3 is 10.6 Å². The van der Waals surface area contributed by atoms with Gasteiger partial charge in [0.05, 0.1) is 0 Å². The van der Waals surface area contributed by atoms with Gasteiger partial charge in [0.1, 0.15) is 4.90 Å². The van der Waals surface area contributed by atoms with Crippen LogP contribution in [0, 0.1) is 17.8 Å². The fourth-order valence-corrected chi connectivity index (χ4v) is 7.79. The molecule has 6 nitrogen and oxygen atoms in total. The maximum atomic E-state index is 13.0. The lowest BCUT2D eigenvalue weighted by molar-refractivity contribution is -0.0167. The second kappa shape index (κ2) is 6.66. The first-order chi connectivity index (χ1) is 14.9. The van der Waals surface area contributed by atoms with Crippen LogP contribution in [-0.4, -0.2) is 25.7 Å². The highest BCUT2D eigenvalue weighted by Crippen LogP contribution is 2.55. The highest BCUT2D eigenvalue weighted by atomic mass is 32.2. The first-order valence-electron chi connectivity index (χ1n) is 11.0. The number of rotatable bonds is 3. The molecule has 1 amide bonds. The first kappa shape index (κ1) is 19.0. The van der Waals surface area contributed by atoms with Crippen LogP contribution in [0.15, 0.2) is 57.8 Å².